The highest BCUT2D eigenvalue weighted by atomic mass is 79.9. The van der Waals surface area contributed by atoms with E-state index < -0.39 is 0 Å². The van der Waals surface area contributed by atoms with Crippen molar-refractivity contribution in [1.29, 1.82) is 0 Å². The number of ether oxygens (including phenoxy) is 2. The van der Waals surface area contributed by atoms with Crippen LogP contribution in [0.1, 0.15) is 5.56 Å². The van der Waals surface area contributed by atoms with E-state index in [-0.39, 0.29) is 0 Å². The molecule has 0 N–H and O–H groups in total. The minimum Gasteiger partial charge on any atom is -0.496 e. The van der Waals surface area contributed by atoms with Gasteiger partial charge in [0.05, 0.1) is 17.8 Å². The minimum atomic E-state index is 0.453. The van der Waals surface area contributed by atoms with Crippen molar-refractivity contribution in [2.45, 2.75) is 6.61 Å². The van der Waals surface area contributed by atoms with Crippen LogP contribution in [0.5, 0.6) is 11.5 Å². The number of pyridine rings is 1. The Morgan fingerprint density at radius 3 is 2.72 bits per heavy atom. The van der Waals surface area contributed by atoms with Crippen molar-refractivity contribution < 1.29 is 9.47 Å². The van der Waals surface area contributed by atoms with Gasteiger partial charge in [-0.3, -0.25) is 0 Å². The van der Waals surface area contributed by atoms with Crippen molar-refractivity contribution in [3.05, 3.63) is 51.7 Å². The molecule has 2 aromatic rings. The molecule has 2 rings (SSSR count). The van der Waals surface area contributed by atoms with Crippen LogP contribution in [0.15, 0.2) is 41.0 Å². The lowest BCUT2D eigenvalue weighted by atomic mass is 10.2. The Morgan fingerprint density at radius 2 is 2.11 bits per heavy atom. The van der Waals surface area contributed by atoms with Gasteiger partial charge < -0.3 is 9.47 Å². The van der Waals surface area contributed by atoms with Crippen molar-refractivity contribution in [2.24, 2.45) is 0 Å². The smallest absolute Gasteiger partial charge is 0.138 e. The van der Waals surface area contributed by atoms with Crippen LogP contribution in [0.3, 0.4) is 0 Å². The van der Waals surface area contributed by atoms with Crippen LogP contribution in [-0.2, 0) is 6.61 Å². The van der Waals surface area contributed by atoms with E-state index in [0.29, 0.717) is 17.5 Å². The molecule has 1 aromatic heterocycles. The number of benzene rings is 1. The molecule has 0 aliphatic heterocycles. The van der Waals surface area contributed by atoms with Gasteiger partial charge in [-0.1, -0.05) is 17.7 Å². The largest absolute Gasteiger partial charge is 0.496 e. The molecule has 0 unspecified atom stereocenters. The molecule has 0 bridgehead atoms. The number of nitrogens with zero attached hydrogens (tertiary/aromatic N) is 1. The van der Waals surface area contributed by atoms with Crippen LogP contribution in [0, 0.1) is 0 Å². The predicted octanol–water partition coefficient (Wildman–Crippen LogP) is 4.09. The van der Waals surface area contributed by atoms with Crippen LogP contribution in [0.2, 0.25) is 5.15 Å². The quantitative estimate of drug-likeness (QED) is 0.792. The summed E-state index contributed by atoms with van der Waals surface area (Å²) in [6.45, 7) is 0.464. The second-order valence-corrected chi connectivity index (χ2v) is 4.82. The SMILES string of the molecule is COc1ccc(COc2ccc(Cl)nc2)cc1Br. The zero-order valence-electron chi connectivity index (χ0n) is 9.69. The number of rotatable bonds is 4. The number of hydrogen-bond acceptors (Lipinski definition) is 3. The molecule has 1 aromatic carbocycles. The van der Waals surface area contributed by atoms with Gasteiger partial charge >= 0.3 is 0 Å². The van der Waals surface area contributed by atoms with Crippen molar-refractivity contribution in [3.8, 4) is 11.5 Å². The van der Waals surface area contributed by atoms with Crippen LogP contribution < -0.4 is 9.47 Å². The molecule has 18 heavy (non-hydrogen) atoms. The molecule has 0 radical (unpaired) electrons. The third-order valence-electron chi connectivity index (χ3n) is 2.32. The van der Waals surface area contributed by atoms with Gasteiger partial charge in [0.15, 0.2) is 0 Å². The van der Waals surface area contributed by atoms with Crippen molar-refractivity contribution in [3.63, 3.8) is 0 Å². The molecule has 0 saturated carbocycles. The number of hydrogen-bond donors (Lipinski definition) is 0. The first-order chi connectivity index (χ1) is 8.69. The fourth-order valence-electron chi connectivity index (χ4n) is 1.41. The van der Waals surface area contributed by atoms with E-state index in [1.165, 1.54) is 0 Å². The molecule has 0 amide bonds. The standard InChI is InChI=1S/C13H11BrClNO2/c1-17-12-4-2-9(6-11(12)14)8-18-10-3-5-13(15)16-7-10/h2-7H,8H2,1H3. The monoisotopic (exact) mass is 327 g/mol. The first-order valence-corrected chi connectivity index (χ1v) is 6.43. The van der Waals surface area contributed by atoms with E-state index in [4.69, 9.17) is 21.1 Å². The Kier molecular flexibility index (Phi) is 4.44. The summed E-state index contributed by atoms with van der Waals surface area (Å²) in [6.07, 6.45) is 1.60. The Labute approximate surface area is 119 Å². The van der Waals surface area contributed by atoms with Gasteiger partial charge in [0.25, 0.3) is 0 Å². The maximum atomic E-state index is 5.70. The lowest BCUT2D eigenvalue weighted by Gasteiger charge is -2.08. The normalized spacial score (nSPS) is 10.2. The van der Waals surface area contributed by atoms with Crippen LogP contribution in [-0.4, -0.2) is 12.1 Å². The average Bonchev–Trinajstić information content (AvgIpc) is 2.38. The third kappa shape index (κ3) is 3.37. The van der Waals surface area contributed by atoms with E-state index in [1.54, 1.807) is 25.4 Å². The molecule has 5 heteroatoms. The van der Waals surface area contributed by atoms with Crippen LogP contribution in [0.25, 0.3) is 0 Å². The average molecular weight is 329 g/mol. The first-order valence-electron chi connectivity index (χ1n) is 5.26. The van der Waals surface area contributed by atoms with Gasteiger partial charge in [0.2, 0.25) is 0 Å². The molecule has 0 saturated heterocycles. The van der Waals surface area contributed by atoms with Gasteiger partial charge in [-0.05, 0) is 45.8 Å². The van der Waals surface area contributed by atoms with Crippen LogP contribution in [0.4, 0.5) is 0 Å². The summed E-state index contributed by atoms with van der Waals surface area (Å²) in [7, 11) is 1.63. The second-order valence-electron chi connectivity index (χ2n) is 3.57. The summed E-state index contributed by atoms with van der Waals surface area (Å²) in [5, 5.41) is 0.453. The van der Waals surface area contributed by atoms with Crippen molar-refractivity contribution in [1.82, 2.24) is 4.98 Å². The molecule has 3 nitrogen and oxygen atoms in total. The molecule has 94 valence electrons. The Bertz CT molecular complexity index is 531. The zero-order chi connectivity index (χ0) is 13.0. The van der Waals surface area contributed by atoms with Crippen LogP contribution >= 0.6 is 27.5 Å². The number of halogens is 2. The lowest BCUT2D eigenvalue weighted by molar-refractivity contribution is 0.304. The van der Waals surface area contributed by atoms with Gasteiger partial charge in [-0.25, -0.2) is 4.98 Å². The highest BCUT2D eigenvalue weighted by Gasteiger charge is 2.02. The Morgan fingerprint density at radius 1 is 1.28 bits per heavy atom. The van der Waals surface area contributed by atoms with Crippen molar-refractivity contribution in [2.75, 3.05) is 7.11 Å². The van der Waals surface area contributed by atoms with E-state index in [2.05, 4.69) is 20.9 Å². The lowest BCUT2D eigenvalue weighted by Crippen LogP contribution is -1.96. The molecule has 0 aliphatic rings. The Hall–Kier alpha value is -1.26. The maximum absolute atomic E-state index is 5.70. The zero-order valence-corrected chi connectivity index (χ0v) is 12.0. The highest BCUT2D eigenvalue weighted by molar-refractivity contribution is 9.10. The fourth-order valence-corrected chi connectivity index (χ4v) is 2.11. The number of methoxy groups -OCH3 is 1. The van der Waals surface area contributed by atoms with Gasteiger partial charge in [0.1, 0.15) is 23.3 Å². The van der Waals surface area contributed by atoms with Gasteiger partial charge in [-0.15, -0.1) is 0 Å². The maximum Gasteiger partial charge on any atom is 0.138 e. The minimum absolute atomic E-state index is 0.453. The van der Waals surface area contributed by atoms with E-state index >= 15 is 0 Å². The topological polar surface area (TPSA) is 31.4 Å². The van der Waals surface area contributed by atoms with Crippen molar-refractivity contribution >= 4 is 27.5 Å². The van der Waals surface area contributed by atoms with Gasteiger partial charge in [-0.2, -0.15) is 0 Å². The molecule has 1 heterocycles. The second kappa shape index (κ2) is 6.07. The summed E-state index contributed by atoms with van der Waals surface area (Å²) < 4.78 is 11.7. The van der Waals surface area contributed by atoms with E-state index in [9.17, 15) is 0 Å². The molecule has 0 fully saturated rings. The summed E-state index contributed by atoms with van der Waals surface area (Å²) in [6, 6.07) is 9.28. The van der Waals surface area contributed by atoms with E-state index in [1.807, 2.05) is 18.2 Å². The summed E-state index contributed by atoms with van der Waals surface area (Å²) in [5.41, 5.74) is 1.04. The number of aromatic nitrogens is 1. The summed E-state index contributed by atoms with van der Waals surface area (Å²) in [5.74, 6) is 1.48. The third-order valence-corrected chi connectivity index (χ3v) is 3.17. The van der Waals surface area contributed by atoms with E-state index in [0.717, 1.165) is 15.8 Å². The fraction of sp³-hybridized carbons (Fsp3) is 0.154. The summed E-state index contributed by atoms with van der Waals surface area (Å²) in [4.78, 5) is 3.95. The van der Waals surface area contributed by atoms with Gasteiger partial charge in [0, 0.05) is 0 Å². The summed E-state index contributed by atoms with van der Waals surface area (Å²) >= 11 is 9.13. The Balaban J connectivity index is 2.02. The first kappa shape index (κ1) is 13.2. The predicted molar refractivity (Wildman–Crippen MR) is 74.3 cm³/mol. The molecule has 0 atom stereocenters. The molecule has 0 spiro atoms. The highest BCUT2D eigenvalue weighted by Crippen LogP contribution is 2.26. The molecule has 0 aliphatic carbocycles. The molecular formula is C13H11BrClNO2. The molecular weight excluding hydrogens is 318 g/mol.